The molecule has 1 aromatic rings. The molecule has 1 aliphatic rings. The second-order valence-corrected chi connectivity index (χ2v) is 5.14. The topological polar surface area (TPSA) is 75.4 Å². The Morgan fingerprint density at radius 3 is 2.35 bits per heavy atom. The van der Waals surface area contributed by atoms with Gasteiger partial charge in [0.2, 0.25) is 11.8 Å². The van der Waals surface area contributed by atoms with Crippen LogP contribution in [0.2, 0.25) is 0 Å². The smallest absolute Gasteiger partial charge is 0.248 e. The number of benzene rings is 1. The number of hydrogen-bond acceptors (Lipinski definition) is 3. The van der Waals surface area contributed by atoms with Crippen molar-refractivity contribution in [2.45, 2.75) is 25.7 Å². The minimum atomic E-state index is -0.465. The number of anilines is 1. The molecule has 5 heteroatoms. The zero-order valence-corrected chi connectivity index (χ0v) is 11.6. The molecule has 1 saturated heterocycles. The molecule has 0 aliphatic carbocycles. The van der Waals surface area contributed by atoms with E-state index in [9.17, 15) is 9.59 Å². The second-order valence-electron chi connectivity index (χ2n) is 5.14. The van der Waals surface area contributed by atoms with Crippen LogP contribution < -0.4 is 11.1 Å². The van der Waals surface area contributed by atoms with Crippen molar-refractivity contribution in [3.63, 3.8) is 0 Å². The molecule has 1 aromatic carbocycles. The molecule has 2 amide bonds. The molecule has 2 rings (SSSR count). The van der Waals surface area contributed by atoms with Gasteiger partial charge in [0.15, 0.2) is 0 Å². The van der Waals surface area contributed by atoms with Gasteiger partial charge >= 0.3 is 0 Å². The predicted octanol–water partition coefficient (Wildman–Crippen LogP) is 1.60. The molecule has 0 atom stereocenters. The molecule has 1 aliphatic heterocycles. The molecule has 0 radical (unpaired) electrons. The first-order chi connectivity index (χ1) is 9.65. The summed E-state index contributed by atoms with van der Waals surface area (Å²) in [5.74, 6) is -0.463. The van der Waals surface area contributed by atoms with E-state index in [0.717, 1.165) is 19.6 Å². The summed E-state index contributed by atoms with van der Waals surface area (Å²) in [4.78, 5) is 25.1. The highest BCUT2D eigenvalue weighted by Crippen LogP contribution is 2.11. The number of rotatable bonds is 5. The van der Waals surface area contributed by atoms with E-state index in [-0.39, 0.29) is 5.91 Å². The fourth-order valence-corrected chi connectivity index (χ4v) is 2.38. The lowest BCUT2D eigenvalue weighted by Gasteiger charge is -2.25. The third-order valence-corrected chi connectivity index (χ3v) is 3.56. The van der Waals surface area contributed by atoms with Crippen molar-refractivity contribution >= 4 is 17.5 Å². The molecule has 0 saturated carbocycles. The summed E-state index contributed by atoms with van der Waals surface area (Å²) in [6.45, 7) is 3.01. The molecule has 108 valence electrons. The number of nitrogens with two attached hydrogens (primary N) is 1. The third kappa shape index (κ3) is 4.35. The van der Waals surface area contributed by atoms with Crippen LogP contribution in [0.4, 0.5) is 5.69 Å². The maximum Gasteiger partial charge on any atom is 0.248 e. The molecule has 3 N–H and O–H groups in total. The first kappa shape index (κ1) is 14.5. The van der Waals surface area contributed by atoms with Gasteiger partial charge in [0.25, 0.3) is 0 Å². The summed E-state index contributed by atoms with van der Waals surface area (Å²) in [7, 11) is 0. The van der Waals surface area contributed by atoms with E-state index in [1.807, 2.05) is 0 Å². The van der Waals surface area contributed by atoms with Gasteiger partial charge < -0.3 is 16.0 Å². The van der Waals surface area contributed by atoms with Crippen molar-refractivity contribution in [3.8, 4) is 0 Å². The summed E-state index contributed by atoms with van der Waals surface area (Å²) in [6.07, 6.45) is 4.26. The number of piperidine rings is 1. The Morgan fingerprint density at radius 2 is 1.75 bits per heavy atom. The molecular weight excluding hydrogens is 254 g/mol. The standard InChI is InChI=1S/C15H21N3O2/c16-15(20)12-4-6-13(7-5-12)17-14(19)8-11-18-9-2-1-3-10-18/h4-7H,1-3,8-11H2,(H2,16,20)(H,17,19). The SMILES string of the molecule is NC(=O)c1ccc(NC(=O)CCN2CCCCC2)cc1. The molecular formula is C15H21N3O2. The number of nitrogens with zero attached hydrogens (tertiary/aromatic N) is 1. The van der Waals surface area contributed by atoms with Crippen molar-refractivity contribution in [2.24, 2.45) is 5.73 Å². The summed E-state index contributed by atoms with van der Waals surface area (Å²) >= 11 is 0. The van der Waals surface area contributed by atoms with Crippen molar-refractivity contribution in [1.82, 2.24) is 4.90 Å². The van der Waals surface area contributed by atoms with E-state index in [1.165, 1.54) is 19.3 Å². The summed E-state index contributed by atoms with van der Waals surface area (Å²) in [6, 6.07) is 6.61. The van der Waals surface area contributed by atoms with Gasteiger partial charge in [0.05, 0.1) is 0 Å². The Hall–Kier alpha value is -1.88. The first-order valence-corrected chi connectivity index (χ1v) is 7.07. The molecule has 0 unspecified atom stereocenters. The molecule has 0 spiro atoms. The summed E-state index contributed by atoms with van der Waals surface area (Å²) in [5.41, 5.74) is 6.30. The Labute approximate surface area is 119 Å². The van der Waals surface area contributed by atoms with Crippen LogP contribution in [0.25, 0.3) is 0 Å². The van der Waals surface area contributed by atoms with Gasteiger partial charge in [-0.1, -0.05) is 6.42 Å². The van der Waals surface area contributed by atoms with Gasteiger partial charge in [-0.2, -0.15) is 0 Å². The second kappa shape index (κ2) is 7.05. The van der Waals surface area contributed by atoms with Crippen molar-refractivity contribution < 1.29 is 9.59 Å². The fourth-order valence-electron chi connectivity index (χ4n) is 2.38. The Bertz CT molecular complexity index is 465. The summed E-state index contributed by atoms with van der Waals surface area (Å²) < 4.78 is 0. The lowest BCUT2D eigenvalue weighted by Crippen LogP contribution is -2.32. The minimum Gasteiger partial charge on any atom is -0.366 e. The Morgan fingerprint density at radius 1 is 1.10 bits per heavy atom. The Kier molecular flexibility index (Phi) is 5.12. The number of hydrogen-bond donors (Lipinski definition) is 2. The van der Waals surface area contributed by atoms with Crippen LogP contribution in [-0.2, 0) is 4.79 Å². The summed E-state index contributed by atoms with van der Waals surface area (Å²) in [5, 5.41) is 2.83. The van der Waals surface area contributed by atoms with Crippen LogP contribution >= 0.6 is 0 Å². The van der Waals surface area contributed by atoms with Crippen molar-refractivity contribution in [2.75, 3.05) is 25.0 Å². The third-order valence-electron chi connectivity index (χ3n) is 3.56. The number of likely N-dealkylation sites (tertiary alicyclic amines) is 1. The van der Waals surface area contributed by atoms with Gasteiger partial charge in [-0.3, -0.25) is 9.59 Å². The minimum absolute atomic E-state index is 0.00222. The van der Waals surface area contributed by atoms with Crippen LogP contribution in [0.5, 0.6) is 0 Å². The number of nitrogens with one attached hydrogen (secondary N) is 1. The number of carbonyl (C=O) groups is 2. The molecule has 5 nitrogen and oxygen atoms in total. The van der Waals surface area contributed by atoms with Crippen LogP contribution in [0.1, 0.15) is 36.0 Å². The fraction of sp³-hybridized carbons (Fsp3) is 0.467. The van der Waals surface area contributed by atoms with Gasteiger partial charge in [-0.15, -0.1) is 0 Å². The van der Waals surface area contributed by atoms with Gasteiger partial charge in [-0.05, 0) is 50.2 Å². The predicted molar refractivity (Wildman–Crippen MR) is 78.5 cm³/mol. The highest BCUT2D eigenvalue weighted by atomic mass is 16.2. The quantitative estimate of drug-likeness (QED) is 0.857. The van der Waals surface area contributed by atoms with E-state index in [0.29, 0.717) is 17.7 Å². The lowest BCUT2D eigenvalue weighted by atomic mass is 10.1. The van der Waals surface area contributed by atoms with Crippen LogP contribution in [0.15, 0.2) is 24.3 Å². The zero-order chi connectivity index (χ0) is 14.4. The Balaban J connectivity index is 1.77. The zero-order valence-electron chi connectivity index (χ0n) is 11.6. The molecule has 1 fully saturated rings. The van der Waals surface area contributed by atoms with Gasteiger partial charge in [-0.25, -0.2) is 0 Å². The number of primary amides is 1. The normalized spacial score (nSPS) is 15.8. The first-order valence-electron chi connectivity index (χ1n) is 7.07. The lowest BCUT2D eigenvalue weighted by molar-refractivity contribution is -0.116. The number of amides is 2. The molecule has 0 aromatic heterocycles. The van der Waals surface area contributed by atoms with Gasteiger partial charge in [0, 0.05) is 24.2 Å². The van der Waals surface area contributed by atoms with Crippen LogP contribution in [0, 0.1) is 0 Å². The van der Waals surface area contributed by atoms with E-state index < -0.39 is 5.91 Å². The highest BCUT2D eigenvalue weighted by molar-refractivity contribution is 5.94. The van der Waals surface area contributed by atoms with E-state index in [4.69, 9.17) is 5.73 Å². The van der Waals surface area contributed by atoms with Crippen LogP contribution in [0.3, 0.4) is 0 Å². The molecule has 0 bridgehead atoms. The van der Waals surface area contributed by atoms with Crippen molar-refractivity contribution in [3.05, 3.63) is 29.8 Å². The van der Waals surface area contributed by atoms with Gasteiger partial charge in [0.1, 0.15) is 0 Å². The number of carbonyl (C=O) groups excluding carboxylic acids is 2. The maximum atomic E-state index is 11.8. The maximum absolute atomic E-state index is 11.8. The molecule has 1 heterocycles. The van der Waals surface area contributed by atoms with E-state index in [1.54, 1.807) is 24.3 Å². The van der Waals surface area contributed by atoms with E-state index in [2.05, 4.69) is 10.2 Å². The van der Waals surface area contributed by atoms with Crippen LogP contribution in [-0.4, -0.2) is 36.3 Å². The van der Waals surface area contributed by atoms with Crippen molar-refractivity contribution in [1.29, 1.82) is 0 Å². The van der Waals surface area contributed by atoms with E-state index >= 15 is 0 Å². The monoisotopic (exact) mass is 275 g/mol. The average Bonchev–Trinajstić information content (AvgIpc) is 2.47. The largest absolute Gasteiger partial charge is 0.366 e. The highest BCUT2D eigenvalue weighted by Gasteiger charge is 2.11. The average molecular weight is 275 g/mol. The molecule has 20 heavy (non-hydrogen) atoms.